The second kappa shape index (κ2) is 7.86. The number of benzene rings is 2. The van der Waals surface area contributed by atoms with E-state index in [1.54, 1.807) is 40.4 Å². The van der Waals surface area contributed by atoms with Gasteiger partial charge >= 0.3 is 11.7 Å². The number of amides is 4. The summed E-state index contributed by atoms with van der Waals surface area (Å²) in [5, 5.41) is 5.30. The molecule has 1 aliphatic heterocycles. The first-order valence-electron chi connectivity index (χ1n) is 9.56. The summed E-state index contributed by atoms with van der Waals surface area (Å²) in [4.78, 5) is 49.8. The van der Waals surface area contributed by atoms with Gasteiger partial charge in [0.15, 0.2) is 0 Å². The van der Waals surface area contributed by atoms with Gasteiger partial charge in [-0.3, -0.25) is 23.6 Å². The van der Waals surface area contributed by atoms with Gasteiger partial charge in [-0.15, -0.1) is 0 Å². The summed E-state index contributed by atoms with van der Waals surface area (Å²) in [6.07, 6.45) is 0.103. The Balaban J connectivity index is 1.47. The number of carbonyl (C=O) groups excluding carboxylic acids is 3. The van der Waals surface area contributed by atoms with Gasteiger partial charge in [0.05, 0.1) is 24.1 Å². The average Bonchev–Trinajstić information content (AvgIpc) is 3.19. The third-order valence-electron chi connectivity index (χ3n) is 5.17. The number of hydrogen-bond donors (Lipinski definition) is 2. The molecule has 0 saturated carbocycles. The highest BCUT2D eigenvalue weighted by Crippen LogP contribution is 2.19. The Labute approximate surface area is 171 Å². The van der Waals surface area contributed by atoms with Crippen LogP contribution in [0, 0.1) is 0 Å². The highest BCUT2D eigenvalue weighted by molar-refractivity contribution is 6.02. The second-order valence-electron chi connectivity index (χ2n) is 7.08. The second-order valence-corrected chi connectivity index (χ2v) is 7.08. The first-order valence-corrected chi connectivity index (χ1v) is 9.56. The molecule has 154 valence electrons. The number of nitrogens with zero attached hydrogens (tertiary/aromatic N) is 3. The van der Waals surface area contributed by atoms with E-state index in [0.717, 1.165) is 15.9 Å². The lowest BCUT2D eigenvalue weighted by Crippen LogP contribution is -2.31. The molecule has 0 spiro atoms. The van der Waals surface area contributed by atoms with Gasteiger partial charge in [0, 0.05) is 25.7 Å². The standard InChI is InChI=1S/C21H21N5O4/c1-24-16-8-4-5-9-17(16)25(21(24)30)11-10-18(27)23-15-7-3-2-6-14(15)13-26-19(28)12-22-20(26)29/h2-9H,10-13H2,1H3,(H,22,29)(H,23,27). The molecule has 1 aromatic heterocycles. The number of imidazole rings is 1. The quantitative estimate of drug-likeness (QED) is 0.603. The monoisotopic (exact) mass is 407 g/mol. The van der Waals surface area contributed by atoms with Crippen LogP contribution in [0.1, 0.15) is 12.0 Å². The molecule has 2 N–H and O–H groups in total. The summed E-state index contributed by atoms with van der Waals surface area (Å²) < 4.78 is 3.13. The van der Waals surface area contributed by atoms with Gasteiger partial charge < -0.3 is 10.6 Å². The predicted molar refractivity (Wildman–Crippen MR) is 111 cm³/mol. The van der Waals surface area contributed by atoms with Crippen LogP contribution in [0.2, 0.25) is 0 Å². The van der Waals surface area contributed by atoms with Gasteiger partial charge in [-0.05, 0) is 23.8 Å². The van der Waals surface area contributed by atoms with Crippen LogP contribution >= 0.6 is 0 Å². The highest BCUT2D eigenvalue weighted by atomic mass is 16.2. The molecule has 0 unspecified atom stereocenters. The number of imide groups is 1. The Morgan fingerprint density at radius 2 is 1.73 bits per heavy atom. The highest BCUT2D eigenvalue weighted by Gasteiger charge is 2.29. The molecular formula is C21H21N5O4. The van der Waals surface area contributed by atoms with Crippen molar-refractivity contribution < 1.29 is 14.4 Å². The van der Waals surface area contributed by atoms with E-state index in [0.29, 0.717) is 11.3 Å². The first-order chi connectivity index (χ1) is 14.5. The molecule has 4 amide bonds. The van der Waals surface area contributed by atoms with E-state index in [1.165, 1.54) is 0 Å². The van der Waals surface area contributed by atoms with Crippen molar-refractivity contribution in [3.8, 4) is 0 Å². The Kier molecular flexibility index (Phi) is 5.09. The molecule has 2 heterocycles. The fraction of sp³-hybridized carbons (Fsp3) is 0.238. The lowest BCUT2D eigenvalue weighted by atomic mass is 10.1. The summed E-state index contributed by atoms with van der Waals surface area (Å²) in [6, 6.07) is 14.0. The number of rotatable bonds is 6. The number of para-hydroxylation sites is 3. The van der Waals surface area contributed by atoms with E-state index in [1.807, 2.05) is 24.3 Å². The maximum Gasteiger partial charge on any atom is 0.328 e. The maximum atomic E-state index is 12.6. The number of carbonyl (C=O) groups is 3. The Bertz CT molecular complexity index is 1190. The fourth-order valence-corrected chi connectivity index (χ4v) is 3.57. The van der Waals surface area contributed by atoms with Crippen LogP contribution < -0.4 is 16.3 Å². The van der Waals surface area contributed by atoms with Crippen molar-refractivity contribution in [1.82, 2.24) is 19.4 Å². The van der Waals surface area contributed by atoms with Crippen molar-refractivity contribution in [3.63, 3.8) is 0 Å². The number of aryl methyl sites for hydroxylation is 2. The molecule has 9 nitrogen and oxygen atoms in total. The summed E-state index contributed by atoms with van der Waals surface area (Å²) in [5.74, 6) is -0.573. The predicted octanol–water partition coefficient (Wildman–Crippen LogP) is 1.42. The van der Waals surface area contributed by atoms with Crippen LogP contribution in [0.4, 0.5) is 10.5 Å². The number of nitrogens with one attached hydrogen (secondary N) is 2. The molecule has 4 rings (SSSR count). The summed E-state index contributed by atoms with van der Waals surface area (Å²) in [5.41, 5.74) is 2.58. The van der Waals surface area contributed by atoms with Crippen LogP contribution in [0.3, 0.4) is 0 Å². The molecule has 2 aromatic carbocycles. The number of fused-ring (bicyclic) bond motifs is 1. The lowest BCUT2D eigenvalue weighted by molar-refractivity contribution is -0.125. The zero-order chi connectivity index (χ0) is 21.3. The van der Waals surface area contributed by atoms with E-state index in [-0.39, 0.29) is 43.6 Å². The molecule has 3 aromatic rings. The number of urea groups is 1. The van der Waals surface area contributed by atoms with Gasteiger partial charge in [-0.2, -0.15) is 0 Å². The third kappa shape index (κ3) is 3.57. The number of hydrogen-bond acceptors (Lipinski definition) is 4. The minimum atomic E-state index is -0.448. The van der Waals surface area contributed by atoms with Crippen molar-refractivity contribution in [3.05, 3.63) is 64.6 Å². The van der Waals surface area contributed by atoms with Crippen molar-refractivity contribution in [2.24, 2.45) is 7.05 Å². The minimum absolute atomic E-state index is 0.0207. The van der Waals surface area contributed by atoms with Crippen molar-refractivity contribution >= 4 is 34.6 Å². The van der Waals surface area contributed by atoms with Gasteiger partial charge in [0.2, 0.25) is 11.8 Å². The molecule has 0 bridgehead atoms. The maximum absolute atomic E-state index is 12.6. The Morgan fingerprint density at radius 3 is 2.47 bits per heavy atom. The Morgan fingerprint density at radius 1 is 1.03 bits per heavy atom. The van der Waals surface area contributed by atoms with Crippen LogP contribution in [0.15, 0.2) is 53.3 Å². The normalized spacial score (nSPS) is 13.7. The molecule has 1 fully saturated rings. The van der Waals surface area contributed by atoms with Gasteiger partial charge in [-0.25, -0.2) is 9.59 Å². The van der Waals surface area contributed by atoms with Crippen LogP contribution in [0.25, 0.3) is 11.0 Å². The van der Waals surface area contributed by atoms with Crippen LogP contribution in [-0.4, -0.2) is 38.4 Å². The van der Waals surface area contributed by atoms with Gasteiger partial charge in [0.1, 0.15) is 0 Å². The minimum Gasteiger partial charge on any atom is -0.329 e. The van der Waals surface area contributed by atoms with E-state index in [2.05, 4.69) is 10.6 Å². The molecule has 0 radical (unpaired) electrons. The van der Waals surface area contributed by atoms with E-state index >= 15 is 0 Å². The summed E-state index contributed by atoms with van der Waals surface area (Å²) in [7, 11) is 1.70. The molecule has 0 aliphatic carbocycles. The molecule has 1 aliphatic rings. The summed E-state index contributed by atoms with van der Waals surface area (Å²) >= 11 is 0. The molecule has 1 saturated heterocycles. The molecule has 30 heavy (non-hydrogen) atoms. The first kappa shape index (κ1) is 19.4. The fourth-order valence-electron chi connectivity index (χ4n) is 3.57. The van der Waals surface area contributed by atoms with Crippen molar-refractivity contribution in [2.45, 2.75) is 19.5 Å². The largest absolute Gasteiger partial charge is 0.329 e. The number of anilines is 1. The molecule has 9 heteroatoms. The van der Waals surface area contributed by atoms with Gasteiger partial charge in [0.25, 0.3) is 0 Å². The third-order valence-corrected chi connectivity index (χ3v) is 5.17. The van der Waals surface area contributed by atoms with Crippen LogP contribution in [0.5, 0.6) is 0 Å². The lowest BCUT2D eigenvalue weighted by Gasteiger charge is -2.16. The Hall–Kier alpha value is -3.88. The van der Waals surface area contributed by atoms with Crippen LogP contribution in [-0.2, 0) is 29.7 Å². The topological polar surface area (TPSA) is 105 Å². The molecular weight excluding hydrogens is 386 g/mol. The summed E-state index contributed by atoms with van der Waals surface area (Å²) in [6.45, 7) is 0.290. The zero-order valence-corrected chi connectivity index (χ0v) is 16.4. The zero-order valence-electron chi connectivity index (χ0n) is 16.4. The van der Waals surface area contributed by atoms with Crippen molar-refractivity contribution in [2.75, 3.05) is 11.9 Å². The van der Waals surface area contributed by atoms with Crippen molar-refractivity contribution in [1.29, 1.82) is 0 Å². The van der Waals surface area contributed by atoms with E-state index < -0.39 is 6.03 Å². The van der Waals surface area contributed by atoms with E-state index in [9.17, 15) is 19.2 Å². The smallest absolute Gasteiger partial charge is 0.328 e. The van der Waals surface area contributed by atoms with Gasteiger partial charge in [-0.1, -0.05) is 30.3 Å². The number of aromatic nitrogens is 2. The SMILES string of the molecule is Cn1c(=O)n(CCC(=O)Nc2ccccc2CN2C(=O)CNC2=O)c2ccccc21. The molecule has 0 atom stereocenters. The average molecular weight is 407 g/mol. The van der Waals surface area contributed by atoms with E-state index in [4.69, 9.17) is 0 Å².